The number of hydrogen-bond acceptors (Lipinski definition) is 3. The summed E-state index contributed by atoms with van der Waals surface area (Å²) in [6.07, 6.45) is 5.50. The predicted octanol–water partition coefficient (Wildman–Crippen LogP) is 4.52. The average molecular weight is 277 g/mol. The summed E-state index contributed by atoms with van der Waals surface area (Å²) in [5.74, 6) is 2.15. The van der Waals surface area contributed by atoms with Crippen LogP contribution in [0.5, 0.6) is 5.75 Å². The second kappa shape index (κ2) is 6.09. The summed E-state index contributed by atoms with van der Waals surface area (Å²) in [7, 11) is 1.66. The number of aromatic nitrogens is 1. The van der Waals surface area contributed by atoms with Gasteiger partial charge in [-0.2, -0.15) is 0 Å². The Morgan fingerprint density at radius 1 is 0.952 bits per heavy atom. The number of benzene rings is 2. The van der Waals surface area contributed by atoms with E-state index in [-0.39, 0.29) is 0 Å². The summed E-state index contributed by atoms with van der Waals surface area (Å²) in [5, 5.41) is 0. The Morgan fingerprint density at radius 3 is 2.52 bits per heavy atom. The molecule has 0 bridgehead atoms. The molecule has 0 saturated carbocycles. The van der Waals surface area contributed by atoms with E-state index in [4.69, 9.17) is 9.15 Å². The highest BCUT2D eigenvalue weighted by atomic mass is 16.5. The van der Waals surface area contributed by atoms with Gasteiger partial charge in [-0.3, -0.25) is 0 Å². The van der Waals surface area contributed by atoms with Crippen molar-refractivity contribution in [3.8, 4) is 17.1 Å². The van der Waals surface area contributed by atoms with Crippen molar-refractivity contribution in [2.75, 3.05) is 7.11 Å². The fourth-order valence-electron chi connectivity index (χ4n) is 2.07. The summed E-state index contributed by atoms with van der Waals surface area (Å²) < 4.78 is 11.0. The zero-order valence-electron chi connectivity index (χ0n) is 11.7. The molecule has 0 atom stereocenters. The van der Waals surface area contributed by atoms with Gasteiger partial charge >= 0.3 is 0 Å². The molecule has 0 spiro atoms. The van der Waals surface area contributed by atoms with Crippen LogP contribution in [0, 0.1) is 0 Å². The van der Waals surface area contributed by atoms with E-state index in [1.165, 1.54) is 0 Å². The van der Waals surface area contributed by atoms with Crippen LogP contribution in [-0.4, -0.2) is 12.1 Å². The van der Waals surface area contributed by atoms with Gasteiger partial charge in [0, 0.05) is 17.2 Å². The zero-order chi connectivity index (χ0) is 14.5. The maximum absolute atomic E-state index is 5.73. The van der Waals surface area contributed by atoms with Crippen molar-refractivity contribution >= 4 is 12.2 Å². The van der Waals surface area contributed by atoms with Crippen molar-refractivity contribution in [1.82, 2.24) is 4.98 Å². The van der Waals surface area contributed by atoms with Crippen molar-refractivity contribution in [3.63, 3.8) is 0 Å². The Balaban J connectivity index is 1.83. The van der Waals surface area contributed by atoms with E-state index < -0.39 is 0 Å². The van der Waals surface area contributed by atoms with E-state index in [0.717, 1.165) is 22.6 Å². The SMILES string of the molecule is COc1ccccc1/C=C/c1ncc(-c2ccccc2)o1. The zero-order valence-corrected chi connectivity index (χ0v) is 11.7. The molecule has 0 unspecified atom stereocenters. The van der Waals surface area contributed by atoms with E-state index in [1.54, 1.807) is 13.3 Å². The third-order valence-corrected chi connectivity index (χ3v) is 3.13. The van der Waals surface area contributed by atoms with Gasteiger partial charge in [0.15, 0.2) is 5.76 Å². The molecule has 3 heteroatoms. The molecule has 3 rings (SSSR count). The Hall–Kier alpha value is -2.81. The average Bonchev–Trinajstić information content (AvgIpc) is 3.03. The molecule has 0 fully saturated rings. The van der Waals surface area contributed by atoms with Gasteiger partial charge in [0.1, 0.15) is 5.75 Å². The van der Waals surface area contributed by atoms with Crippen LogP contribution < -0.4 is 4.74 Å². The quantitative estimate of drug-likeness (QED) is 0.703. The number of rotatable bonds is 4. The fourth-order valence-corrected chi connectivity index (χ4v) is 2.07. The minimum atomic E-state index is 0.569. The lowest BCUT2D eigenvalue weighted by molar-refractivity contribution is 0.414. The third kappa shape index (κ3) is 3.03. The van der Waals surface area contributed by atoms with E-state index >= 15 is 0 Å². The minimum absolute atomic E-state index is 0.569. The molecule has 0 amide bonds. The van der Waals surface area contributed by atoms with Crippen LogP contribution in [0.25, 0.3) is 23.5 Å². The summed E-state index contributed by atoms with van der Waals surface area (Å²) in [4.78, 5) is 4.27. The molecule has 3 nitrogen and oxygen atoms in total. The monoisotopic (exact) mass is 277 g/mol. The van der Waals surface area contributed by atoms with Crippen LogP contribution in [0.15, 0.2) is 65.2 Å². The van der Waals surface area contributed by atoms with Gasteiger partial charge in [-0.15, -0.1) is 0 Å². The second-order valence-electron chi connectivity index (χ2n) is 4.50. The first-order valence-electron chi connectivity index (χ1n) is 6.69. The standard InChI is InChI=1S/C18H15NO2/c1-20-16-10-6-5-9-15(16)11-12-18-19-13-17(21-18)14-7-3-2-4-8-14/h2-13H,1H3/b12-11+. The van der Waals surface area contributed by atoms with Gasteiger partial charge < -0.3 is 9.15 Å². The Kier molecular flexibility index (Phi) is 3.83. The molecule has 0 aliphatic carbocycles. The highest BCUT2D eigenvalue weighted by Crippen LogP contribution is 2.22. The molecular weight excluding hydrogens is 262 g/mol. The molecule has 0 N–H and O–H groups in total. The highest BCUT2D eigenvalue weighted by molar-refractivity contribution is 5.70. The first-order valence-corrected chi connectivity index (χ1v) is 6.69. The first-order chi connectivity index (χ1) is 10.4. The van der Waals surface area contributed by atoms with Gasteiger partial charge in [-0.1, -0.05) is 48.5 Å². The van der Waals surface area contributed by atoms with Crippen molar-refractivity contribution in [2.24, 2.45) is 0 Å². The second-order valence-corrected chi connectivity index (χ2v) is 4.50. The van der Waals surface area contributed by atoms with E-state index in [1.807, 2.05) is 66.7 Å². The largest absolute Gasteiger partial charge is 0.496 e. The van der Waals surface area contributed by atoms with Crippen LogP contribution in [0.3, 0.4) is 0 Å². The molecule has 104 valence electrons. The van der Waals surface area contributed by atoms with Gasteiger partial charge in [-0.05, 0) is 12.1 Å². The van der Waals surface area contributed by atoms with E-state index in [2.05, 4.69) is 4.98 Å². The predicted molar refractivity (Wildman–Crippen MR) is 83.9 cm³/mol. The third-order valence-electron chi connectivity index (χ3n) is 3.13. The molecule has 1 aromatic heterocycles. The molecule has 0 saturated heterocycles. The minimum Gasteiger partial charge on any atom is -0.496 e. The maximum atomic E-state index is 5.73. The fraction of sp³-hybridized carbons (Fsp3) is 0.0556. The molecule has 0 radical (unpaired) electrons. The molecular formula is C18H15NO2. The maximum Gasteiger partial charge on any atom is 0.219 e. The normalized spacial score (nSPS) is 10.9. The molecule has 0 aliphatic rings. The molecule has 3 aromatic rings. The van der Waals surface area contributed by atoms with Gasteiger partial charge in [0.25, 0.3) is 0 Å². The van der Waals surface area contributed by atoms with Crippen molar-refractivity contribution in [2.45, 2.75) is 0 Å². The topological polar surface area (TPSA) is 35.3 Å². The molecule has 0 aliphatic heterocycles. The number of methoxy groups -OCH3 is 1. The number of ether oxygens (including phenoxy) is 1. The highest BCUT2D eigenvalue weighted by Gasteiger charge is 2.04. The lowest BCUT2D eigenvalue weighted by atomic mass is 10.2. The first kappa shape index (κ1) is 13.2. The summed E-state index contributed by atoms with van der Waals surface area (Å²) in [6.45, 7) is 0. The van der Waals surface area contributed by atoms with Crippen molar-refractivity contribution < 1.29 is 9.15 Å². The van der Waals surface area contributed by atoms with Gasteiger partial charge in [0.05, 0.1) is 13.3 Å². The Bertz CT molecular complexity index is 745. The van der Waals surface area contributed by atoms with Crippen LogP contribution in [-0.2, 0) is 0 Å². The number of oxazole rings is 1. The molecule has 2 aromatic carbocycles. The van der Waals surface area contributed by atoms with Crippen molar-refractivity contribution in [3.05, 3.63) is 72.2 Å². The number of hydrogen-bond donors (Lipinski definition) is 0. The van der Waals surface area contributed by atoms with Crippen LogP contribution >= 0.6 is 0 Å². The number of nitrogens with zero attached hydrogens (tertiary/aromatic N) is 1. The van der Waals surface area contributed by atoms with Crippen LogP contribution in [0.4, 0.5) is 0 Å². The summed E-state index contributed by atoms with van der Waals surface area (Å²) in [5.41, 5.74) is 2.00. The smallest absolute Gasteiger partial charge is 0.219 e. The van der Waals surface area contributed by atoms with Crippen molar-refractivity contribution in [1.29, 1.82) is 0 Å². The van der Waals surface area contributed by atoms with E-state index in [9.17, 15) is 0 Å². The van der Waals surface area contributed by atoms with Crippen LogP contribution in [0.1, 0.15) is 11.5 Å². The lowest BCUT2D eigenvalue weighted by Crippen LogP contribution is -1.85. The Morgan fingerprint density at radius 2 is 1.71 bits per heavy atom. The van der Waals surface area contributed by atoms with Gasteiger partial charge in [-0.25, -0.2) is 4.98 Å². The molecule has 1 heterocycles. The van der Waals surface area contributed by atoms with Crippen LogP contribution in [0.2, 0.25) is 0 Å². The summed E-state index contributed by atoms with van der Waals surface area (Å²) in [6, 6.07) is 17.7. The molecule has 21 heavy (non-hydrogen) atoms. The lowest BCUT2D eigenvalue weighted by Gasteiger charge is -2.02. The summed E-state index contributed by atoms with van der Waals surface area (Å²) >= 11 is 0. The number of para-hydroxylation sites is 1. The Labute approximate surface area is 123 Å². The van der Waals surface area contributed by atoms with Gasteiger partial charge in [0.2, 0.25) is 5.89 Å². The van der Waals surface area contributed by atoms with E-state index in [0.29, 0.717) is 5.89 Å².